The Labute approximate surface area is 186 Å². The zero-order chi connectivity index (χ0) is 22.3. The van der Waals surface area contributed by atoms with Crippen LogP contribution in [0.5, 0.6) is 11.5 Å². The number of hydrogen-bond donors (Lipinski definition) is 2. The fourth-order valence-electron chi connectivity index (χ4n) is 2.63. The average Bonchev–Trinajstić information content (AvgIpc) is 2.72. The van der Waals surface area contributed by atoms with Crippen LogP contribution in [-0.4, -0.2) is 38.1 Å². The summed E-state index contributed by atoms with van der Waals surface area (Å²) in [6, 6.07) is 6.95. The molecule has 162 valence electrons. The number of rotatable bonds is 9. The third-order valence-electron chi connectivity index (χ3n) is 4.83. The van der Waals surface area contributed by atoms with Crippen LogP contribution in [0.15, 0.2) is 24.3 Å². The standard InChI is InChI=1S/C22H26Cl2N2O4/c1-13-15(3)19(7-5-17(13)23)29-11-21(27)25-9-10-26-22(28)12-30-20-8-6-18(24)14(2)16(20)4/h5-8H,9-12H2,1-4H3,(H,25,27)(H,26,28). The summed E-state index contributed by atoms with van der Waals surface area (Å²) in [5.41, 5.74) is 3.63. The molecule has 6 nitrogen and oxygen atoms in total. The van der Waals surface area contributed by atoms with Gasteiger partial charge in [0.25, 0.3) is 11.8 Å². The van der Waals surface area contributed by atoms with E-state index in [2.05, 4.69) is 10.6 Å². The summed E-state index contributed by atoms with van der Waals surface area (Å²) in [6.45, 7) is 7.90. The fraction of sp³-hybridized carbons (Fsp3) is 0.364. The van der Waals surface area contributed by atoms with Gasteiger partial charge in [-0.15, -0.1) is 0 Å². The van der Waals surface area contributed by atoms with Gasteiger partial charge in [-0.1, -0.05) is 23.2 Å². The first-order valence-electron chi connectivity index (χ1n) is 9.51. The first-order valence-corrected chi connectivity index (χ1v) is 10.3. The Bertz CT molecular complexity index is 856. The van der Waals surface area contributed by atoms with E-state index in [1.54, 1.807) is 24.3 Å². The van der Waals surface area contributed by atoms with Gasteiger partial charge in [-0.05, 0) is 74.2 Å². The minimum absolute atomic E-state index is 0.117. The van der Waals surface area contributed by atoms with Crippen molar-refractivity contribution >= 4 is 35.0 Å². The molecule has 2 rings (SSSR count). The summed E-state index contributed by atoms with van der Waals surface area (Å²) in [5.74, 6) is 0.676. The predicted octanol–water partition coefficient (Wildman–Crippen LogP) is 3.92. The van der Waals surface area contributed by atoms with Crippen molar-refractivity contribution in [3.05, 3.63) is 56.6 Å². The van der Waals surface area contributed by atoms with Crippen molar-refractivity contribution in [1.82, 2.24) is 10.6 Å². The summed E-state index contributed by atoms with van der Waals surface area (Å²) in [4.78, 5) is 23.8. The zero-order valence-electron chi connectivity index (χ0n) is 17.5. The number of hydrogen-bond acceptors (Lipinski definition) is 4. The lowest BCUT2D eigenvalue weighted by Crippen LogP contribution is -2.38. The molecule has 0 saturated carbocycles. The maximum absolute atomic E-state index is 11.9. The molecule has 2 aromatic carbocycles. The largest absolute Gasteiger partial charge is 0.483 e. The minimum Gasteiger partial charge on any atom is -0.483 e. The van der Waals surface area contributed by atoms with Crippen molar-refractivity contribution in [3.63, 3.8) is 0 Å². The van der Waals surface area contributed by atoms with E-state index in [0.717, 1.165) is 22.3 Å². The summed E-state index contributed by atoms with van der Waals surface area (Å²) >= 11 is 12.1. The number of nitrogens with one attached hydrogen (secondary N) is 2. The first-order chi connectivity index (χ1) is 14.2. The van der Waals surface area contributed by atoms with Crippen LogP contribution in [0.4, 0.5) is 0 Å². The SMILES string of the molecule is Cc1c(Cl)ccc(OCC(=O)NCCNC(=O)COc2ccc(Cl)c(C)c2C)c1C. The highest BCUT2D eigenvalue weighted by Gasteiger charge is 2.10. The van der Waals surface area contributed by atoms with Gasteiger partial charge in [-0.2, -0.15) is 0 Å². The monoisotopic (exact) mass is 452 g/mol. The molecular formula is C22H26Cl2N2O4. The second-order valence-electron chi connectivity index (χ2n) is 6.87. The van der Waals surface area contributed by atoms with E-state index in [4.69, 9.17) is 32.7 Å². The summed E-state index contributed by atoms with van der Waals surface area (Å²) in [7, 11) is 0. The molecule has 8 heteroatoms. The average molecular weight is 453 g/mol. The molecule has 2 amide bonds. The molecule has 0 aliphatic carbocycles. The van der Waals surface area contributed by atoms with Crippen LogP contribution in [0, 0.1) is 27.7 Å². The highest BCUT2D eigenvalue weighted by molar-refractivity contribution is 6.31. The molecule has 30 heavy (non-hydrogen) atoms. The number of benzene rings is 2. The molecule has 0 saturated heterocycles. The second kappa shape index (κ2) is 11.1. The number of amides is 2. The number of carbonyl (C=O) groups excluding carboxylic acids is 2. The maximum atomic E-state index is 11.9. The molecular weight excluding hydrogens is 427 g/mol. The van der Waals surface area contributed by atoms with Gasteiger partial charge >= 0.3 is 0 Å². The molecule has 0 aliphatic rings. The van der Waals surface area contributed by atoms with E-state index in [0.29, 0.717) is 21.5 Å². The number of halogens is 2. The third-order valence-corrected chi connectivity index (χ3v) is 5.65. The lowest BCUT2D eigenvalue weighted by Gasteiger charge is -2.13. The van der Waals surface area contributed by atoms with Gasteiger partial charge < -0.3 is 20.1 Å². The lowest BCUT2D eigenvalue weighted by atomic mass is 10.1. The molecule has 0 heterocycles. The molecule has 0 radical (unpaired) electrons. The fourth-order valence-corrected chi connectivity index (χ4v) is 3.04. The zero-order valence-corrected chi connectivity index (χ0v) is 19.0. The van der Waals surface area contributed by atoms with Crippen LogP contribution in [-0.2, 0) is 9.59 Å². The van der Waals surface area contributed by atoms with Crippen LogP contribution in [0.1, 0.15) is 22.3 Å². The van der Waals surface area contributed by atoms with Gasteiger partial charge in [0.15, 0.2) is 13.2 Å². The van der Waals surface area contributed by atoms with Gasteiger partial charge in [0.2, 0.25) is 0 Å². The van der Waals surface area contributed by atoms with Crippen LogP contribution in [0.3, 0.4) is 0 Å². The van der Waals surface area contributed by atoms with Crippen LogP contribution < -0.4 is 20.1 Å². The van der Waals surface area contributed by atoms with E-state index in [1.165, 1.54) is 0 Å². The lowest BCUT2D eigenvalue weighted by molar-refractivity contribution is -0.124. The Kier molecular flexibility index (Phi) is 8.81. The molecule has 0 bridgehead atoms. The molecule has 0 spiro atoms. The normalized spacial score (nSPS) is 10.5. The Balaban J connectivity index is 1.66. The second-order valence-corrected chi connectivity index (χ2v) is 7.68. The van der Waals surface area contributed by atoms with Crippen molar-refractivity contribution in [1.29, 1.82) is 0 Å². The highest BCUT2D eigenvalue weighted by atomic mass is 35.5. The quantitative estimate of drug-likeness (QED) is 0.565. The molecule has 2 aromatic rings. The van der Waals surface area contributed by atoms with E-state index in [9.17, 15) is 9.59 Å². The molecule has 0 atom stereocenters. The van der Waals surface area contributed by atoms with E-state index in [-0.39, 0.29) is 38.1 Å². The Morgan fingerprint density at radius 3 is 1.43 bits per heavy atom. The molecule has 0 fully saturated rings. The molecule has 0 unspecified atom stereocenters. The van der Waals surface area contributed by atoms with E-state index < -0.39 is 0 Å². The van der Waals surface area contributed by atoms with E-state index in [1.807, 2.05) is 27.7 Å². The number of carbonyl (C=O) groups is 2. The summed E-state index contributed by atoms with van der Waals surface area (Å²) in [5, 5.41) is 6.70. The topological polar surface area (TPSA) is 76.7 Å². The van der Waals surface area contributed by atoms with Gasteiger partial charge in [0.05, 0.1) is 0 Å². The number of ether oxygens (including phenoxy) is 2. The van der Waals surface area contributed by atoms with Crippen LogP contribution in [0.2, 0.25) is 10.0 Å². The van der Waals surface area contributed by atoms with Crippen molar-refractivity contribution in [3.8, 4) is 11.5 Å². The van der Waals surface area contributed by atoms with Crippen molar-refractivity contribution in [2.24, 2.45) is 0 Å². The highest BCUT2D eigenvalue weighted by Crippen LogP contribution is 2.28. The predicted molar refractivity (Wildman–Crippen MR) is 119 cm³/mol. The molecule has 0 aliphatic heterocycles. The molecule has 2 N–H and O–H groups in total. The van der Waals surface area contributed by atoms with Crippen molar-refractivity contribution in [2.45, 2.75) is 27.7 Å². The molecule has 0 aromatic heterocycles. The van der Waals surface area contributed by atoms with Crippen LogP contribution in [0.25, 0.3) is 0 Å². The third kappa shape index (κ3) is 6.54. The van der Waals surface area contributed by atoms with Gasteiger partial charge in [0, 0.05) is 23.1 Å². The van der Waals surface area contributed by atoms with Crippen molar-refractivity contribution in [2.75, 3.05) is 26.3 Å². The van der Waals surface area contributed by atoms with Gasteiger partial charge in [-0.25, -0.2) is 0 Å². The Morgan fingerprint density at radius 1 is 0.700 bits per heavy atom. The van der Waals surface area contributed by atoms with Gasteiger partial charge in [0.1, 0.15) is 11.5 Å². The Hall–Kier alpha value is -2.44. The minimum atomic E-state index is -0.278. The first kappa shape index (κ1) is 23.8. The Morgan fingerprint density at radius 2 is 1.07 bits per heavy atom. The van der Waals surface area contributed by atoms with Crippen LogP contribution >= 0.6 is 23.2 Å². The summed E-state index contributed by atoms with van der Waals surface area (Å²) < 4.78 is 11.1. The smallest absolute Gasteiger partial charge is 0.258 e. The van der Waals surface area contributed by atoms with Gasteiger partial charge in [-0.3, -0.25) is 9.59 Å². The maximum Gasteiger partial charge on any atom is 0.258 e. The van der Waals surface area contributed by atoms with E-state index >= 15 is 0 Å². The van der Waals surface area contributed by atoms with Crippen molar-refractivity contribution < 1.29 is 19.1 Å². The summed E-state index contributed by atoms with van der Waals surface area (Å²) in [6.07, 6.45) is 0.